The van der Waals surface area contributed by atoms with E-state index in [4.69, 9.17) is 15.0 Å². The second kappa shape index (κ2) is 11.3. The molecule has 2 heterocycles. The van der Waals surface area contributed by atoms with Crippen molar-refractivity contribution >= 4 is 53.1 Å². The van der Waals surface area contributed by atoms with Crippen LogP contribution in [0.15, 0.2) is 176 Å². The minimum atomic E-state index is -0.845. The fraction of sp³-hybridized carbons (Fsp3) is 0.0208. The highest BCUT2D eigenvalue weighted by Gasteiger charge is 2.50. The average Bonchev–Trinajstić information content (AvgIpc) is 3.76. The number of thiophene rings is 1. The van der Waals surface area contributed by atoms with Gasteiger partial charge in [0, 0.05) is 31.3 Å². The number of benzene rings is 8. The molecule has 0 bridgehead atoms. The topological polar surface area (TPSA) is 38.7 Å². The lowest BCUT2D eigenvalue weighted by atomic mass is 9.70. The summed E-state index contributed by atoms with van der Waals surface area (Å²) in [6.45, 7) is 0. The molecule has 1 aliphatic rings. The van der Waals surface area contributed by atoms with Crippen LogP contribution in [0.5, 0.6) is 0 Å². The Balaban J connectivity index is 1.35. The number of nitrogens with zero attached hydrogens (tertiary/aromatic N) is 3. The van der Waals surface area contributed by atoms with Crippen LogP contribution in [0.25, 0.3) is 75.6 Å². The van der Waals surface area contributed by atoms with E-state index in [1.165, 1.54) is 64.0 Å². The molecule has 0 amide bonds. The molecule has 0 N–H and O–H groups in total. The van der Waals surface area contributed by atoms with Crippen molar-refractivity contribution in [2.75, 3.05) is 0 Å². The predicted molar refractivity (Wildman–Crippen MR) is 216 cm³/mol. The maximum Gasteiger partial charge on any atom is 0.164 e. The first-order valence-electron chi connectivity index (χ1n) is 17.6. The third-order valence-electron chi connectivity index (χ3n) is 10.8. The third-order valence-corrected chi connectivity index (χ3v) is 11.9. The zero-order chi connectivity index (χ0) is 34.2. The SMILES string of the molecule is c1ccc(-c2nc(-c3cccc4sc5ccccc5c34)nc(C3(c4ccccc4)c4ccccc4-c4c3c3ccccc3c3ccccc43)n2)cc1. The standard InChI is InChI=1S/C48H29N3S/c1-3-16-30(17-4-1)45-49-46(38-26-15-29-41-42(38)37-25-12-14-28-40(37)52-41)51-47(50-45)48(31-18-5-2-6-19-31)39-27-13-11-24-36(39)43-34-22-9-7-20-32(34)33-21-8-10-23-35(33)44(43)48/h1-29H. The molecular weight excluding hydrogens is 651 g/mol. The largest absolute Gasteiger partial charge is 0.211 e. The van der Waals surface area contributed by atoms with Gasteiger partial charge in [0.25, 0.3) is 0 Å². The molecule has 242 valence electrons. The Morgan fingerprint density at radius 2 is 0.981 bits per heavy atom. The zero-order valence-electron chi connectivity index (χ0n) is 28.0. The highest BCUT2D eigenvalue weighted by atomic mass is 32.1. The number of hydrogen-bond donors (Lipinski definition) is 0. The lowest BCUT2D eigenvalue weighted by Gasteiger charge is -2.33. The summed E-state index contributed by atoms with van der Waals surface area (Å²) < 4.78 is 2.47. The number of fused-ring (bicyclic) bond motifs is 11. The molecule has 52 heavy (non-hydrogen) atoms. The normalized spacial score (nSPS) is 15.0. The van der Waals surface area contributed by atoms with E-state index in [1.807, 2.05) is 17.4 Å². The van der Waals surface area contributed by atoms with Crippen LogP contribution in [-0.2, 0) is 5.41 Å². The maximum absolute atomic E-state index is 5.66. The molecule has 0 saturated heterocycles. The molecule has 0 radical (unpaired) electrons. The molecule has 2 aromatic heterocycles. The molecule has 4 heteroatoms. The summed E-state index contributed by atoms with van der Waals surface area (Å²) in [7, 11) is 0. The summed E-state index contributed by atoms with van der Waals surface area (Å²) in [4.78, 5) is 16.5. The number of hydrogen-bond acceptors (Lipinski definition) is 4. The van der Waals surface area contributed by atoms with Gasteiger partial charge >= 0.3 is 0 Å². The fourth-order valence-electron chi connectivity index (χ4n) is 8.66. The van der Waals surface area contributed by atoms with E-state index in [0.29, 0.717) is 17.5 Å². The summed E-state index contributed by atoms with van der Waals surface area (Å²) in [6.07, 6.45) is 0. The van der Waals surface area contributed by atoms with Crippen molar-refractivity contribution in [1.82, 2.24) is 15.0 Å². The number of rotatable bonds is 4. The molecule has 8 aromatic carbocycles. The Bertz CT molecular complexity index is 3020. The Morgan fingerprint density at radius 1 is 0.404 bits per heavy atom. The van der Waals surface area contributed by atoms with Crippen LogP contribution in [0.4, 0.5) is 0 Å². The lowest BCUT2D eigenvalue weighted by molar-refractivity contribution is 0.697. The van der Waals surface area contributed by atoms with E-state index in [2.05, 4.69) is 170 Å². The van der Waals surface area contributed by atoms with E-state index in [1.54, 1.807) is 0 Å². The Hall–Kier alpha value is -6.49. The van der Waals surface area contributed by atoms with E-state index in [9.17, 15) is 0 Å². The molecule has 1 unspecified atom stereocenters. The quantitative estimate of drug-likeness (QED) is 0.174. The third kappa shape index (κ3) is 4.04. The first kappa shape index (κ1) is 29.3. The van der Waals surface area contributed by atoms with Crippen molar-refractivity contribution in [1.29, 1.82) is 0 Å². The molecule has 1 atom stereocenters. The van der Waals surface area contributed by atoms with Crippen LogP contribution in [0, 0.1) is 0 Å². The Labute approximate surface area is 304 Å². The van der Waals surface area contributed by atoms with Gasteiger partial charge in [0.2, 0.25) is 0 Å². The smallest absolute Gasteiger partial charge is 0.164 e. The molecule has 0 aliphatic heterocycles. The van der Waals surface area contributed by atoms with E-state index in [-0.39, 0.29) is 0 Å². The van der Waals surface area contributed by atoms with Gasteiger partial charge in [-0.05, 0) is 61.5 Å². The molecular formula is C48H29N3S. The van der Waals surface area contributed by atoms with Crippen molar-refractivity contribution in [2.24, 2.45) is 0 Å². The molecule has 0 spiro atoms. The summed E-state index contributed by atoms with van der Waals surface area (Å²) in [5, 5.41) is 7.29. The summed E-state index contributed by atoms with van der Waals surface area (Å²) in [6, 6.07) is 62.9. The van der Waals surface area contributed by atoms with Gasteiger partial charge in [-0.1, -0.05) is 164 Å². The van der Waals surface area contributed by atoms with Gasteiger partial charge in [-0.3, -0.25) is 0 Å². The Morgan fingerprint density at radius 3 is 1.79 bits per heavy atom. The maximum atomic E-state index is 5.66. The second-order valence-corrected chi connectivity index (χ2v) is 14.5. The molecule has 1 aliphatic carbocycles. The van der Waals surface area contributed by atoms with Crippen molar-refractivity contribution < 1.29 is 0 Å². The van der Waals surface area contributed by atoms with Gasteiger partial charge in [0.15, 0.2) is 17.5 Å². The molecule has 3 nitrogen and oxygen atoms in total. The van der Waals surface area contributed by atoms with Crippen LogP contribution in [0.3, 0.4) is 0 Å². The van der Waals surface area contributed by atoms with E-state index < -0.39 is 5.41 Å². The molecule has 0 fully saturated rings. The minimum Gasteiger partial charge on any atom is -0.211 e. The monoisotopic (exact) mass is 679 g/mol. The Kier molecular flexibility index (Phi) is 6.34. The van der Waals surface area contributed by atoms with Gasteiger partial charge in [-0.2, -0.15) is 0 Å². The summed E-state index contributed by atoms with van der Waals surface area (Å²) in [5.74, 6) is 2.04. The fourth-order valence-corrected chi connectivity index (χ4v) is 9.80. The van der Waals surface area contributed by atoms with Crippen LogP contribution in [0.2, 0.25) is 0 Å². The van der Waals surface area contributed by atoms with Crippen molar-refractivity contribution in [2.45, 2.75) is 5.41 Å². The highest BCUT2D eigenvalue weighted by molar-refractivity contribution is 7.25. The van der Waals surface area contributed by atoms with Crippen molar-refractivity contribution in [3.05, 3.63) is 198 Å². The van der Waals surface area contributed by atoms with Gasteiger partial charge in [0.1, 0.15) is 5.41 Å². The van der Waals surface area contributed by atoms with Gasteiger partial charge < -0.3 is 0 Å². The predicted octanol–water partition coefficient (Wildman–Crippen LogP) is 12.2. The van der Waals surface area contributed by atoms with Crippen LogP contribution < -0.4 is 0 Å². The minimum absolute atomic E-state index is 0.656. The summed E-state index contributed by atoms with van der Waals surface area (Å²) >= 11 is 1.81. The average molecular weight is 680 g/mol. The molecule has 11 rings (SSSR count). The van der Waals surface area contributed by atoms with Crippen LogP contribution in [0.1, 0.15) is 22.5 Å². The lowest BCUT2D eigenvalue weighted by Crippen LogP contribution is -2.32. The second-order valence-electron chi connectivity index (χ2n) is 13.5. The van der Waals surface area contributed by atoms with Crippen LogP contribution in [-0.4, -0.2) is 15.0 Å². The van der Waals surface area contributed by atoms with E-state index >= 15 is 0 Å². The van der Waals surface area contributed by atoms with Crippen LogP contribution >= 0.6 is 11.3 Å². The van der Waals surface area contributed by atoms with E-state index in [0.717, 1.165) is 16.7 Å². The van der Waals surface area contributed by atoms with Gasteiger partial charge in [0.05, 0.1) is 0 Å². The summed E-state index contributed by atoms with van der Waals surface area (Å²) in [5.41, 5.74) is 7.07. The zero-order valence-corrected chi connectivity index (χ0v) is 28.8. The molecule has 10 aromatic rings. The van der Waals surface area contributed by atoms with Gasteiger partial charge in [-0.15, -0.1) is 11.3 Å². The van der Waals surface area contributed by atoms with Crippen molar-refractivity contribution in [3.63, 3.8) is 0 Å². The highest BCUT2D eigenvalue weighted by Crippen LogP contribution is 2.59. The molecule has 0 saturated carbocycles. The number of aromatic nitrogens is 3. The van der Waals surface area contributed by atoms with Gasteiger partial charge in [-0.25, -0.2) is 15.0 Å². The van der Waals surface area contributed by atoms with Crippen molar-refractivity contribution in [3.8, 4) is 33.9 Å². The first-order valence-corrected chi connectivity index (χ1v) is 18.4. The first-order chi connectivity index (χ1) is 25.8.